The zero-order valence-corrected chi connectivity index (χ0v) is 24.5. The van der Waals surface area contributed by atoms with Gasteiger partial charge in [-0.2, -0.15) is 5.26 Å². The zero-order chi connectivity index (χ0) is 29.9. The molecule has 4 heterocycles. The molecule has 222 valence electrons. The maximum atomic E-state index is 13.1. The molecule has 0 aliphatic carbocycles. The Morgan fingerprint density at radius 1 is 1.02 bits per heavy atom. The lowest BCUT2D eigenvalue weighted by Crippen LogP contribution is -2.48. The highest BCUT2D eigenvalue weighted by Crippen LogP contribution is 2.38. The van der Waals surface area contributed by atoms with E-state index in [1.807, 2.05) is 50.5 Å². The third-order valence-corrected chi connectivity index (χ3v) is 8.04. The van der Waals surface area contributed by atoms with Gasteiger partial charge < -0.3 is 33.6 Å². The van der Waals surface area contributed by atoms with Gasteiger partial charge >= 0.3 is 0 Å². The van der Waals surface area contributed by atoms with Crippen LogP contribution in [0.4, 0.5) is 0 Å². The minimum absolute atomic E-state index is 0.0334. The molecule has 4 aromatic rings. The molecular weight excluding hydrogens is 548 g/mol. The van der Waals surface area contributed by atoms with E-state index in [2.05, 4.69) is 21.3 Å². The lowest BCUT2D eigenvalue weighted by Gasteiger charge is -2.25. The highest BCUT2D eigenvalue weighted by atomic mass is 16.5. The predicted molar refractivity (Wildman–Crippen MR) is 160 cm³/mol. The molecule has 6 rings (SSSR count). The summed E-state index contributed by atoms with van der Waals surface area (Å²) in [7, 11) is 5.52. The number of furan rings is 1. The van der Waals surface area contributed by atoms with Crippen molar-refractivity contribution in [3.8, 4) is 40.0 Å². The summed E-state index contributed by atoms with van der Waals surface area (Å²) in [4.78, 5) is 19.7. The number of amides is 1. The molecule has 0 spiro atoms. The molecule has 0 bridgehead atoms. The van der Waals surface area contributed by atoms with Gasteiger partial charge in [-0.05, 0) is 56.1 Å². The quantitative estimate of drug-likeness (QED) is 0.316. The molecule has 0 unspecified atom stereocenters. The van der Waals surface area contributed by atoms with Gasteiger partial charge in [0.25, 0.3) is 5.91 Å². The van der Waals surface area contributed by atoms with Crippen molar-refractivity contribution in [1.82, 2.24) is 15.2 Å². The zero-order valence-electron chi connectivity index (χ0n) is 24.5. The maximum absolute atomic E-state index is 13.1. The summed E-state index contributed by atoms with van der Waals surface area (Å²) in [5.41, 5.74) is 4.48. The van der Waals surface area contributed by atoms with Crippen molar-refractivity contribution in [3.63, 3.8) is 0 Å². The number of likely N-dealkylation sites (N-methyl/N-ethyl adjacent to an activating group) is 1. The van der Waals surface area contributed by atoms with Crippen LogP contribution in [0, 0.1) is 11.3 Å². The van der Waals surface area contributed by atoms with Crippen LogP contribution in [0.3, 0.4) is 0 Å². The summed E-state index contributed by atoms with van der Waals surface area (Å²) in [6.45, 7) is 2.37. The van der Waals surface area contributed by atoms with E-state index in [9.17, 15) is 10.1 Å². The molecule has 2 aliphatic rings. The molecule has 2 fully saturated rings. The number of hydrogen-bond acceptors (Lipinski definition) is 9. The van der Waals surface area contributed by atoms with Gasteiger partial charge in [0.2, 0.25) is 0 Å². The molecule has 43 heavy (non-hydrogen) atoms. The smallest absolute Gasteiger partial charge is 0.251 e. The Hall–Kier alpha value is -4.43. The van der Waals surface area contributed by atoms with Gasteiger partial charge in [0.15, 0.2) is 5.58 Å². The number of methoxy groups -OCH3 is 1. The van der Waals surface area contributed by atoms with Crippen LogP contribution in [-0.2, 0) is 9.47 Å². The van der Waals surface area contributed by atoms with Crippen molar-refractivity contribution in [3.05, 3.63) is 65.9 Å². The minimum atomic E-state index is -0.196. The van der Waals surface area contributed by atoms with Gasteiger partial charge in [-0.25, -0.2) is 0 Å². The first-order chi connectivity index (χ1) is 20.9. The van der Waals surface area contributed by atoms with Gasteiger partial charge in [-0.15, -0.1) is 0 Å². The standard InChI is InChI=1S/C33H34N4O6/c1-37(2)28-19-41-18-27(28)36-33(38)21-4-6-25(30(15-21)39-3)31-16-26-32(43-31)24(8-11-35-26)20-5-7-29(22(14-20)17-34)42-23-9-12-40-13-10-23/h4-8,11,14-16,23,27-28H,9-10,12-13,18-19H2,1-3H3,(H,36,38)/t27-,28-/m0/s1. The lowest BCUT2D eigenvalue weighted by molar-refractivity contribution is 0.0254. The molecule has 2 atom stereocenters. The Bertz CT molecular complexity index is 1670. The summed E-state index contributed by atoms with van der Waals surface area (Å²) in [6.07, 6.45) is 3.35. The number of ether oxygens (including phenoxy) is 4. The van der Waals surface area contributed by atoms with E-state index < -0.39 is 0 Å². The van der Waals surface area contributed by atoms with Gasteiger partial charge in [-0.1, -0.05) is 6.07 Å². The summed E-state index contributed by atoms with van der Waals surface area (Å²) in [5, 5.41) is 13.0. The number of pyridine rings is 1. The number of nitrogens with one attached hydrogen (secondary N) is 1. The van der Waals surface area contributed by atoms with Crippen LogP contribution >= 0.6 is 0 Å². The Balaban J connectivity index is 1.27. The molecule has 10 heteroatoms. The molecule has 2 aromatic heterocycles. The fourth-order valence-electron chi connectivity index (χ4n) is 5.64. The summed E-state index contributed by atoms with van der Waals surface area (Å²) >= 11 is 0. The van der Waals surface area contributed by atoms with E-state index in [-0.39, 0.29) is 24.1 Å². The number of hydrogen-bond donors (Lipinski definition) is 1. The van der Waals surface area contributed by atoms with Crippen LogP contribution in [0.15, 0.2) is 59.1 Å². The normalized spacial score (nSPS) is 19.0. The third kappa shape index (κ3) is 5.92. The SMILES string of the molecule is COc1cc(C(=O)N[C@H]2COC[C@@H]2N(C)C)ccc1-c1cc2nccc(-c3ccc(OC4CCOCC4)c(C#N)c3)c2o1. The van der Waals surface area contributed by atoms with Gasteiger partial charge in [0, 0.05) is 36.2 Å². The molecule has 1 amide bonds. The van der Waals surface area contributed by atoms with Gasteiger partial charge in [-0.3, -0.25) is 9.78 Å². The van der Waals surface area contributed by atoms with Crippen molar-refractivity contribution >= 4 is 17.0 Å². The highest BCUT2D eigenvalue weighted by molar-refractivity contribution is 5.97. The monoisotopic (exact) mass is 582 g/mol. The first kappa shape index (κ1) is 28.7. The molecule has 2 aliphatic heterocycles. The third-order valence-electron chi connectivity index (χ3n) is 8.04. The predicted octanol–water partition coefficient (Wildman–Crippen LogP) is 4.66. The average Bonchev–Trinajstić information content (AvgIpc) is 3.69. The number of fused-ring (bicyclic) bond motifs is 1. The van der Waals surface area contributed by atoms with E-state index in [4.69, 9.17) is 23.4 Å². The van der Waals surface area contributed by atoms with Crippen LogP contribution in [0.1, 0.15) is 28.8 Å². The Morgan fingerprint density at radius 2 is 1.86 bits per heavy atom. The number of aromatic nitrogens is 1. The van der Waals surface area contributed by atoms with E-state index >= 15 is 0 Å². The number of nitriles is 1. The fraction of sp³-hybridized carbons (Fsp3) is 0.364. The first-order valence-electron chi connectivity index (χ1n) is 14.4. The van der Waals surface area contributed by atoms with Crippen LogP contribution in [0.25, 0.3) is 33.6 Å². The van der Waals surface area contributed by atoms with E-state index in [0.717, 1.165) is 24.0 Å². The lowest BCUT2D eigenvalue weighted by atomic mass is 10.0. The molecule has 2 aromatic carbocycles. The van der Waals surface area contributed by atoms with Crippen LogP contribution in [-0.4, -0.2) is 81.6 Å². The summed E-state index contributed by atoms with van der Waals surface area (Å²) in [6, 6.07) is 16.9. The Kier molecular flexibility index (Phi) is 8.29. The number of benzene rings is 2. The second kappa shape index (κ2) is 12.4. The fourth-order valence-corrected chi connectivity index (χ4v) is 5.64. The highest BCUT2D eigenvalue weighted by Gasteiger charge is 2.31. The minimum Gasteiger partial charge on any atom is -0.496 e. The molecule has 0 saturated carbocycles. The largest absolute Gasteiger partial charge is 0.496 e. The van der Waals surface area contributed by atoms with Crippen molar-refractivity contribution in [2.45, 2.75) is 31.0 Å². The summed E-state index contributed by atoms with van der Waals surface area (Å²) < 4.78 is 29.2. The second-order valence-electron chi connectivity index (χ2n) is 11.0. The molecule has 10 nitrogen and oxygen atoms in total. The number of nitrogens with zero attached hydrogens (tertiary/aromatic N) is 3. The van der Waals surface area contributed by atoms with Crippen molar-refractivity contribution in [1.29, 1.82) is 5.26 Å². The summed E-state index contributed by atoms with van der Waals surface area (Å²) in [5.74, 6) is 1.42. The number of carbonyl (C=O) groups is 1. The van der Waals surface area contributed by atoms with Crippen molar-refractivity contribution < 1.29 is 28.2 Å². The van der Waals surface area contributed by atoms with Crippen LogP contribution in [0.2, 0.25) is 0 Å². The number of carbonyl (C=O) groups excluding carboxylic acids is 1. The van der Waals surface area contributed by atoms with E-state index in [0.29, 0.717) is 71.5 Å². The number of rotatable bonds is 8. The molecular formula is C33H34N4O6. The Labute approximate surface area is 250 Å². The average molecular weight is 583 g/mol. The van der Waals surface area contributed by atoms with Gasteiger partial charge in [0.1, 0.15) is 34.9 Å². The first-order valence-corrected chi connectivity index (χ1v) is 14.4. The van der Waals surface area contributed by atoms with Crippen molar-refractivity contribution in [2.75, 3.05) is 47.6 Å². The molecule has 2 saturated heterocycles. The van der Waals surface area contributed by atoms with Crippen molar-refractivity contribution in [2.24, 2.45) is 0 Å². The van der Waals surface area contributed by atoms with E-state index in [1.54, 1.807) is 25.4 Å². The van der Waals surface area contributed by atoms with E-state index in [1.165, 1.54) is 0 Å². The topological polar surface area (TPSA) is 119 Å². The van der Waals surface area contributed by atoms with Crippen LogP contribution in [0.5, 0.6) is 11.5 Å². The van der Waals surface area contributed by atoms with Crippen LogP contribution < -0.4 is 14.8 Å². The molecule has 1 N–H and O–H groups in total. The Morgan fingerprint density at radius 3 is 2.63 bits per heavy atom. The second-order valence-corrected chi connectivity index (χ2v) is 11.0. The van der Waals surface area contributed by atoms with Gasteiger partial charge in [0.05, 0.1) is 56.7 Å². The molecule has 0 radical (unpaired) electrons. The maximum Gasteiger partial charge on any atom is 0.251 e.